The minimum Gasteiger partial charge on any atom is -0.444 e. The van der Waals surface area contributed by atoms with E-state index in [4.69, 9.17) is 4.74 Å². The number of carbonyl (C=O) groups is 1. The van der Waals surface area contributed by atoms with Crippen LogP contribution in [0.3, 0.4) is 0 Å². The molecule has 1 aromatic heterocycles. The van der Waals surface area contributed by atoms with Gasteiger partial charge in [0.1, 0.15) is 5.60 Å². The Morgan fingerprint density at radius 3 is 2.65 bits per heavy atom. The van der Waals surface area contributed by atoms with E-state index < -0.39 is 5.60 Å². The van der Waals surface area contributed by atoms with Crippen LogP contribution in [0.4, 0.5) is 4.79 Å². The van der Waals surface area contributed by atoms with Gasteiger partial charge in [0.15, 0.2) is 0 Å². The number of hydrogen-bond donors (Lipinski definition) is 1. The topological polar surface area (TPSA) is 45.3 Å². The lowest BCUT2D eigenvalue weighted by atomic mass is 10.1. The Kier molecular flexibility index (Phi) is 4.57. The van der Waals surface area contributed by atoms with Crippen LogP contribution in [0.2, 0.25) is 0 Å². The second-order valence-corrected chi connectivity index (χ2v) is 8.33. The lowest BCUT2D eigenvalue weighted by Crippen LogP contribution is -2.42. The molecule has 2 heterocycles. The first-order valence-corrected chi connectivity index (χ1v) is 9.01. The largest absolute Gasteiger partial charge is 0.444 e. The molecule has 0 bridgehead atoms. The number of thioether (sulfide) groups is 1. The van der Waals surface area contributed by atoms with Crippen molar-refractivity contribution in [1.82, 2.24) is 9.88 Å². The number of aromatic amines is 1. The second-order valence-electron chi connectivity index (χ2n) is 6.98. The molecule has 0 radical (unpaired) electrons. The molecular weight excluding hydrogens is 308 g/mol. The van der Waals surface area contributed by atoms with Gasteiger partial charge in [0, 0.05) is 40.3 Å². The molecule has 3 rings (SSSR count). The van der Waals surface area contributed by atoms with Crippen molar-refractivity contribution in [3.05, 3.63) is 30.5 Å². The molecule has 1 aliphatic heterocycles. The number of hydrogen-bond acceptors (Lipinski definition) is 3. The third-order valence-corrected chi connectivity index (χ3v) is 5.34. The van der Waals surface area contributed by atoms with Crippen LogP contribution in [0.1, 0.15) is 33.6 Å². The first-order chi connectivity index (χ1) is 10.9. The highest BCUT2D eigenvalue weighted by Gasteiger charge is 2.27. The fraction of sp³-hybridized carbons (Fsp3) is 0.500. The number of benzene rings is 1. The Balaban J connectivity index is 1.56. The number of carbonyl (C=O) groups excluding carboxylic acids is 1. The molecule has 1 saturated heterocycles. The molecule has 1 amide bonds. The normalized spacial score (nSPS) is 16.7. The number of amides is 1. The van der Waals surface area contributed by atoms with Crippen molar-refractivity contribution in [1.29, 1.82) is 0 Å². The minimum absolute atomic E-state index is 0.187. The molecule has 1 N–H and O–H groups in total. The smallest absolute Gasteiger partial charge is 0.410 e. The van der Waals surface area contributed by atoms with Gasteiger partial charge in [-0.25, -0.2) is 4.79 Å². The summed E-state index contributed by atoms with van der Waals surface area (Å²) in [4.78, 5) is 18.6. The summed E-state index contributed by atoms with van der Waals surface area (Å²) >= 11 is 1.92. The van der Waals surface area contributed by atoms with Crippen molar-refractivity contribution in [3.8, 4) is 0 Å². The maximum atomic E-state index is 12.1. The van der Waals surface area contributed by atoms with Crippen molar-refractivity contribution >= 4 is 28.8 Å². The first kappa shape index (κ1) is 16.2. The molecule has 1 aromatic carbocycles. The van der Waals surface area contributed by atoms with E-state index in [1.807, 2.05) is 43.5 Å². The SMILES string of the molecule is CC(C)(C)OC(=O)N1CCC(Sc2c[nH]c3ccccc23)CC1. The monoisotopic (exact) mass is 332 g/mol. The molecule has 124 valence electrons. The third kappa shape index (κ3) is 4.02. The maximum absolute atomic E-state index is 12.1. The van der Waals surface area contributed by atoms with Crippen molar-refractivity contribution in [2.24, 2.45) is 0 Å². The number of rotatable bonds is 2. The fourth-order valence-electron chi connectivity index (χ4n) is 2.80. The Morgan fingerprint density at radius 1 is 1.26 bits per heavy atom. The van der Waals surface area contributed by atoms with E-state index in [1.54, 1.807) is 0 Å². The van der Waals surface area contributed by atoms with Crippen molar-refractivity contribution < 1.29 is 9.53 Å². The highest BCUT2D eigenvalue weighted by molar-refractivity contribution is 8.00. The summed E-state index contributed by atoms with van der Waals surface area (Å²) < 4.78 is 5.45. The summed E-state index contributed by atoms with van der Waals surface area (Å²) in [5.41, 5.74) is 0.758. The highest BCUT2D eigenvalue weighted by Crippen LogP contribution is 2.35. The fourth-order valence-corrected chi connectivity index (χ4v) is 4.04. The summed E-state index contributed by atoms with van der Waals surface area (Å²) in [6, 6.07) is 8.38. The van der Waals surface area contributed by atoms with Crippen LogP contribution in [0.5, 0.6) is 0 Å². The van der Waals surface area contributed by atoms with E-state index in [-0.39, 0.29) is 6.09 Å². The number of para-hydroxylation sites is 1. The van der Waals surface area contributed by atoms with Crippen LogP contribution in [0.25, 0.3) is 10.9 Å². The van der Waals surface area contributed by atoms with E-state index in [2.05, 4.69) is 29.4 Å². The number of ether oxygens (including phenoxy) is 1. The number of likely N-dealkylation sites (tertiary alicyclic amines) is 1. The molecule has 1 aliphatic rings. The zero-order valence-corrected chi connectivity index (χ0v) is 14.8. The molecule has 4 nitrogen and oxygen atoms in total. The van der Waals surface area contributed by atoms with Crippen LogP contribution in [0, 0.1) is 0 Å². The number of piperidine rings is 1. The van der Waals surface area contributed by atoms with Crippen LogP contribution in [-0.4, -0.2) is 39.9 Å². The van der Waals surface area contributed by atoms with Crippen molar-refractivity contribution in [2.45, 2.75) is 49.4 Å². The van der Waals surface area contributed by atoms with Crippen molar-refractivity contribution in [3.63, 3.8) is 0 Å². The van der Waals surface area contributed by atoms with Crippen LogP contribution in [-0.2, 0) is 4.74 Å². The predicted octanol–water partition coefficient (Wildman–Crippen LogP) is 4.66. The summed E-state index contributed by atoms with van der Waals surface area (Å²) in [5.74, 6) is 0. The standard InChI is InChI=1S/C18H24N2O2S/c1-18(2,3)22-17(21)20-10-8-13(9-11-20)23-16-12-19-15-7-5-4-6-14(15)16/h4-7,12-13,19H,8-11H2,1-3H3. The molecule has 5 heteroatoms. The number of H-pyrrole nitrogens is 1. The second kappa shape index (κ2) is 6.48. The van der Waals surface area contributed by atoms with E-state index >= 15 is 0 Å². The van der Waals surface area contributed by atoms with Gasteiger partial charge in [0.25, 0.3) is 0 Å². The maximum Gasteiger partial charge on any atom is 0.410 e. The summed E-state index contributed by atoms with van der Waals surface area (Å²) in [5, 5.41) is 1.83. The Labute approximate surface area is 141 Å². The zero-order chi connectivity index (χ0) is 16.4. The molecule has 0 aliphatic carbocycles. The minimum atomic E-state index is -0.424. The van der Waals surface area contributed by atoms with E-state index in [9.17, 15) is 4.79 Å². The molecule has 0 atom stereocenters. The van der Waals surface area contributed by atoms with Gasteiger partial charge in [-0.2, -0.15) is 0 Å². The van der Waals surface area contributed by atoms with Crippen molar-refractivity contribution in [2.75, 3.05) is 13.1 Å². The van der Waals surface area contributed by atoms with Gasteiger partial charge in [0.05, 0.1) is 0 Å². The van der Waals surface area contributed by atoms with Crippen LogP contribution in [0.15, 0.2) is 35.4 Å². The molecular formula is C18H24N2O2S. The third-order valence-electron chi connectivity index (χ3n) is 3.94. The highest BCUT2D eigenvalue weighted by atomic mass is 32.2. The van der Waals surface area contributed by atoms with Gasteiger partial charge >= 0.3 is 6.09 Å². The number of nitrogens with one attached hydrogen (secondary N) is 1. The first-order valence-electron chi connectivity index (χ1n) is 8.13. The van der Waals surface area contributed by atoms with E-state index in [0.717, 1.165) is 25.9 Å². The molecule has 0 spiro atoms. The molecule has 2 aromatic rings. The number of aromatic nitrogens is 1. The average molecular weight is 332 g/mol. The summed E-state index contributed by atoms with van der Waals surface area (Å²) in [6.07, 6.45) is 3.91. The summed E-state index contributed by atoms with van der Waals surface area (Å²) in [7, 11) is 0. The van der Waals surface area contributed by atoms with E-state index in [0.29, 0.717) is 5.25 Å². The molecule has 0 saturated carbocycles. The lowest BCUT2D eigenvalue weighted by molar-refractivity contribution is 0.0219. The average Bonchev–Trinajstić information content (AvgIpc) is 2.90. The lowest BCUT2D eigenvalue weighted by Gasteiger charge is -2.33. The predicted molar refractivity (Wildman–Crippen MR) is 95.0 cm³/mol. The molecule has 0 unspecified atom stereocenters. The molecule has 23 heavy (non-hydrogen) atoms. The molecule has 1 fully saturated rings. The zero-order valence-electron chi connectivity index (χ0n) is 14.0. The Hall–Kier alpha value is -1.62. The van der Waals surface area contributed by atoms with Gasteiger partial charge in [0.2, 0.25) is 0 Å². The van der Waals surface area contributed by atoms with Crippen LogP contribution >= 0.6 is 11.8 Å². The van der Waals surface area contributed by atoms with Gasteiger partial charge in [-0.1, -0.05) is 18.2 Å². The Morgan fingerprint density at radius 2 is 1.96 bits per heavy atom. The van der Waals surface area contributed by atoms with Gasteiger partial charge in [-0.05, 0) is 39.7 Å². The number of nitrogens with zero attached hydrogens (tertiary/aromatic N) is 1. The van der Waals surface area contributed by atoms with Gasteiger partial charge in [-0.15, -0.1) is 11.8 Å². The Bertz CT molecular complexity index is 682. The van der Waals surface area contributed by atoms with Gasteiger partial charge in [-0.3, -0.25) is 0 Å². The number of fused-ring (bicyclic) bond motifs is 1. The summed E-state index contributed by atoms with van der Waals surface area (Å²) in [6.45, 7) is 7.27. The van der Waals surface area contributed by atoms with E-state index in [1.165, 1.54) is 15.8 Å². The quantitative estimate of drug-likeness (QED) is 0.870. The van der Waals surface area contributed by atoms with Crippen LogP contribution < -0.4 is 0 Å². The van der Waals surface area contributed by atoms with Gasteiger partial charge < -0.3 is 14.6 Å².